The van der Waals surface area contributed by atoms with Gasteiger partial charge in [-0.1, -0.05) is 6.92 Å². The molecular formula is C8H18N4O. The largest absolute Gasteiger partial charge is 0.370 e. The van der Waals surface area contributed by atoms with E-state index in [1.54, 1.807) is 14.0 Å². The lowest BCUT2D eigenvalue weighted by Gasteiger charge is -2.12. The molecule has 0 aliphatic carbocycles. The molecule has 0 aliphatic rings. The number of carbonyl (C=O) groups excluding carboxylic acids is 1. The Kier molecular flexibility index (Phi) is 5.67. The lowest BCUT2D eigenvalue weighted by atomic mass is 10.3. The van der Waals surface area contributed by atoms with Crippen LogP contribution in [-0.2, 0) is 4.79 Å². The SMILES string of the molecule is CCCN=C(N)NC(C)C(=O)NC. The van der Waals surface area contributed by atoms with E-state index < -0.39 is 0 Å². The molecule has 5 heteroatoms. The number of carbonyl (C=O) groups is 1. The molecule has 0 spiro atoms. The van der Waals surface area contributed by atoms with Crippen molar-refractivity contribution in [1.29, 1.82) is 0 Å². The maximum absolute atomic E-state index is 11.0. The average Bonchev–Trinajstić information content (AvgIpc) is 2.13. The van der Waals surface area contributed by atoms with Gasteiger partial charge in [-0.25, -0.2) is 0 Å². The maximum Gasteiger partial charge on any atom is 0.242 e. The highest BCUT2D eigenvalue weighted by molar-refractivity contribution is 5.87. The van der Waals surface area contributed by atoms with Crippen LogP contribution in [0.1, 0.15) is 20.3 Å². The van der Waals surface area contributed by atoms with Crippen LogP contribution < -0.4 is 16.4 Å². The van der Waals surface area contributed by atoms with Crippen molar-refractivity contribution in [3.63, 3.8) is 0 Å². The monoisotopic (exact) mass is 186 g/mol. The van der Waals surface area contributed by atoms with E-state index in [-0.39, 0.29) is 11.9 Å². The summed E-state index contributed by atoms with van der Waals surface area (Å²) in [5, 5.41) is 5.30. The fourth-order valence-corrected chi connectivity index (χ4v) is 0.782. The summed E-state index contributed by atoms with van der Waals surface area (Å²) in [4.78, 5) is 15.0. The Hall–Kier alpha value is -1.26. The molecule has 5 nitrogen and oxygen atoms in total. The van der Waals surface area contributed by atoms with Gasteiger partial charge in [0.2, 0.25) is 5.91 Å². The second kappa shape index (κ2) is 6.28. The van der Waals surface area contributed by atoms with Crippen molar-refractivity contribution >= 4 is 11.9 Å². The van der Waals surface area contributed by atoms with Crippen molar-refractivity contribution in [2.45, 2.75) is 26.3 Å². The second-order valence-corrected chi connectivity index (χ2v) is 2.75. The Bertz CT molecular complexity index is 191. The van der Waals surface area contributed by atoms with Crippen LogP contribution in [0.3, 0.4) is 0 Å². The Morgan fingerprint density at radius 1 is 1.62 bits per heavy atom. The molecule has 0 rings (SSSR count). The van der Waals surface area contributed by atoms with Gasteiger partial charge in [0.25, 0.3) is 0 Å². The van der Waals surface area contributed by atoms with Gasteiger partial charge in [-0.2, -0.15) is 0 Å². The van der Waals surface area contributed by atoms with Crippen molar-refractivity contribution in [3.05, 3.63) is 0 Å². The Balaban J connectivity index is 3.90. The highest BCUT2D eigenvalue weighted by atomic mass is 16.2. The summed E-state index contributed by atoms with van der Waals surface area (Å²) in [6.45, 7) is 4.42. The van der Waals surface area contributed by atoms with Crippen molar-refractivity contribution in [1.82, 2.24) is 10.6 Å². The van der Waals surface area contributed by atoms with Crippen molar-refractivity contribution in [3.8, 4) is 0 Å². The van der Waals surface area contributed by atoms with Crippen LogP contribution in [0, 0.1) is 0 Å². The number of amides is 1. The predicted molar refractivity (Wildman–Crippen MR) is 53.4 cm³/mol. The zero-order chi connectivity index (χ0) is 10.3. The fraction of sp³-hybridized carbons (Fsp3) is 0.750. The molecule has 13 heavy (non-hydrogen) atoms. The van der Waals surface area contributed by atoms with E-state index in [9.17, 15) is 4.79 Å². The van der Waals surface area contributed by atoms with Crippen molar-refractivity contribution in [2.24, 2.45) is 10.7 Å². The minimum atomic E-state index is -0.342. The molecule has 1 atom stereocenters. The quantitative estimate of drug-likeness (QED) is 0.406. The number of rotatable bonds is 4. The van der Waals surface area contributed by atoms with Gasteiger partial charge in [-0.05, 0) is 13.3 Å². The Labute approximate surface area is 78.8 Å². The summed E-state index contributed by atoms with van der Waals surface area (Å²) in [5.41, 5.74) is 5.51. The average molecular weight is 186 g/mol. The number of likely N-dealkylation sites (N-methyl/N-ethyl adjacent to an activating group) is 1. The number of nitrogens with one attached hydrogen (secondary N) is 2. The van der Waals surface area contributed by atoms with Gasteiger partial charge < -0.3 is 16.4 Å². The Morgan fingerprint density at radius 3 is 2.69 bits per heavy atom. The summed E-state index contributed by atoms with van der Waals surface area (Å²) in [5.74, 6) is 0.215. The normalized spacial score (nSPS) is 13.6. The molecular weight excluding hydrogens is 168 g/mol. The third-order valence-electron chi connectivity index (χ3n) is 1.51. The van der Waals surface area contributed by atoms with Crippen molar-refractivity contribution < 1.29 is 4.79 Å². The summed E-state index contributed by atoms with van der Waals surface area (Å²) >= 11 is 0. The molecule has 1 unspecified atom stereocenters. The minimum absolute atomic E-state index is 0.102. The van der Waals surface area contributed by atoms with E-state index in [1.165, 1.54) is 0 Å². The zero-order valence-electron chi connectivity index (χ0n) is 8.42. The first-order chi connectivity index (χ1) is 6.11. The third kappa shape index (κ3) is 5.05. The van der Waals surface area contributed by atoms with E-state index in [0.29, 0.717) is 12.5 Å². The lowest BCUT2D eigenvalue weighted by molar-refractivity contribution is -0.121. The van der Waals surface area contributed by atoms with Crippen LogP contribution in [0.25, 0.3) is 0 Å². The van der Waals surface area contributed by atoms with Crippen LogP contribution in [0.5, 0.6) is 0 Å². The van der Waals surface area contributed by atoms with Crippen LogP contribution in [-0.4, -0.2) is 31.5 Å². The molecule has 0 saturated heterocycles. The summed E-state index contributed by atoms with van der Waals surface area (Å²) in [6.07, 6.45) is 0.941. The fourth-order valence-electron chi connectivity index (χ4n) is 0.782. The van der Waals surface area contributed by atoms with Crippen LogP contribution in [0.4, 0.5) is 0 Å². The molecule has 0 bridgehead atoms. The van der Waals surface area contributed by atoms with Crippen LogP contribution in [0.15, 0.2) is 4.99 Å². The topological polar surface area (TPSA) is 79.5 Å². The van der Waals surface area contributed by atoms with Crippen LogP contribution in [0.2, 0.25) is 0 Å². The zero-order valence-corrected chi connectivity index (χ0v) is 8.42. The molecule has 0 saturated carbocycles. The van der Waals surface area contributed by atoms with Gasteiger partial charge in [0.15, 0.2) is 5.96 Å². The van der Waals surface area contributed by atoms with Gasteiger partial charge in [0.05, 0.1) is 0 Å². The molecule has 4 N–H and O–H groups in total. The van der Waals surface area contributed by atoms with Gasteiger partial charge in [0, 0.05) is 13.6 Å². The first kappa shape index (κ1) is 11.7. The highest BCUT2D eigenvalue weighted by Gasteiger charge is 2.09. The molecule has 76 valence electrons. The van der Waals surface area contributed by atoms with Crippen LogP contribution >= 0.6 is 0 Å². The summed E-state index contributed by atoms with van der Waals surface area (Å²) < 4.78 is 0. The smallest absolute Gasteiger partial charge is 0.242 e. The number of nitrogens with two attached hydrogens (primary N) is 1. The Morgan fingerprint density at radius 2 is 2.23 bits per heavy atom. The van der Waals surface area contributed by atoms with Gasteiger partial charge >= 0.3 is 0 Å². The van der Waals surface area contributed by atoms with E-state index in [2.05, 4.69) is 15.6 Å². The van der Waals surface area contributed by atoms with E-state index in [4.69, 9.17) is 5.73 Å². The van der Waals surface area contributed by atoms with Gasteiger partial charge in [0.1, 0.15) is 6.04 Å². The second-order valence-electron chi connectivity index (χ2n) is 2.75. The predicted octanol–water partition coefficient (Wildman–Crippen LogP) is -0.565. The van der Waals surface area contributed by atoms with E-state index >= 15 is 0 Å². The number of hydrogen-bond acceptors (Lipinski definition) is 2. The molecule has 0 fully saturated rings. The summed E-state index contributed by atoms with van der Waals surface area (Å²) in [7, 11) is 1.58. The first-order valence-electron chi connectivity index (χ1n) is 4.39. The lowest BCUT2D eigenvalue weighted by Crippen LogP contribution is -2.46. The van der Waals surface area contributed by atoms with E-state index in [0.717, 1.165) is 6.42 Å². The standard InChI is InChI=1S/C8H18N4O/c1-4-5-11-8(9)12-6(2)7(13)10-3/h6H,4-5H2,1-3H3,(H,10,13)(H3,9,11,12). The van der Waals surface area contributed by atoms with Gasteiger partial charge in [-0.3, -0.25) is 9.79 Å². The number of guanidine groups is 1. The molecule has 0 heterocycles. The molecule has 0 radical (unpaired) electrons. The molecule has 0 aromatic rings. The molecule has 1 amide bonds. The number of aliphatic imine (C=N–C) groups is 1. The molecule has 0 aromatic carbocycles. The first-order valence-corrected chi connectivity index (χ1v) is 4.39. The minimum Gasteiger partial charge on any atom is -0.370 e. The van der Waals surface area contributed by atoms with Crippen molar-refractivity contribution in [2.75, 3.05) is 13.6 Å². The highest BCUT2D eigenvalue weighted by Crippen LogP contribution is 1.81. The van der Waals surface area contributed by atoms with E-state index in [1.807, 2.05) is 6.92 Å². The maximum atomic E-state index is 11.0. The number of hydrogen-bond donors (Lipinski definition) is 3. The molecule has 0 aliphatic heterocycles. The number of nitrogens with zero attached hydrogens (tertiary/aromatic N) is 1. The summed E-state index contributed by atoms with van der Waals surface area (Å²) in [6, 6.07) is -0.342. The third-order valence-corrected chi connectivity index (χ3v) is 1.51. The molecule has 0 aromatic heterocycles. The van der Waals surface area contributed by atoms with Gasteiger partial charge in [-0.15, -0.1) is 0 Å².